The van der Waals surface area contributed by atoms with Gasteiger partial charge in [0, 0.05) is 13.1 Å². The summed E-state index contributed by atoms with van der Waals surface area (Å²) < 4.78 is 32.0. The van der Waals surface area contributed by atoms with Gasteiger partial charge < -0.3 is 15.4 Å². The number of halogens is 2. The standard InChI is InChI=1S/C13H16F2N2O2/c1-19-10-3-2-9(14)12(15)11(10)13(18)17-5-4-8(6-16)7-17/h2-3,8H,4-7,16H2,1H3/t8-/m1/s1. The summed E-state index contributed by atoms with van der Waals surface area (Å²) in [5.74, 6) is -2.52. The quantitative estimate of drug-likeness (QED) is 0.903. The van der Waals surface area contributed by atoms with Crippen LogP contribution in [0, 0.1) is 17.6 Å². The van der Waals surface area contributed by atoms with Crippen molar-refractivity contribution in [3.8, 4) is 5.75 Å². The Morgan fingerprint density at radius 3 is 2.84 bits per heavy atom. The number of amides is 1. The maximum absolute atomic E-state index is 13.8. The molecule has 6 heteroatoms. The lowest BCUT2D eigenvalue weighted by Crippen LogP contribution is -2.31. The maximum atomic E-state index is 13.8. The Kier molecular flexibility index (Phi) is 3.99. The Balaban J connectivity index is 2.31. The monoisotopic (exact) mass is 270 g/mol. The summed E-state index contributed by atoms with van der Waals surface area (Å²) >= 11 is 0. The van der Waals surface area contributed by atoms with Gasteiger partial charge in [-0.25, -0.2) is 8.78 Å². The molecule has 0 unspecified atom stereocenters. The van der Waals surface area contributed by atoms with Crippen molar-refractivity contribution in [1.29, 1.82) is 0 Å². The normalized spacial score (nSPS) is 18.7. The van der Waals surface area contributed by atoms with Gasteiger partial charge in [-0.1, -0.05) is 0 Å². The molecule has 0 aliphatic carbocycles. The molecule has 1 aliphatic heterocycles. The second-order valence-electron chi connectivity index (χ2n) is 4.58. The Bertz CT molecular complexity index is 494. The largest absolute Gasteiger partial charge is 0.496 e. The third-order valence-electron chi connectivity index (χ3n) is 3.40. The summed E-state index contributed by atoms with van der Waals surface area (Å²) in [4.78, 5) is 13.7. The van der Waals surface area contributed by atoms with Gasteiger partial charge in [-0.2, -0.15) is 0 Å². The van der Waals surface area contributed by atoms with E-state index in [9.17, 15) is 13.6 Å². The van der Waals surface area contributed by atoms with E-state index in [1.165, 1.54) is 18.1 Å². The molecule has 1 fully saturated rings. The van der Waals surface area contributed by atoms with Crippen LogP contribution in [0.2, 0.25) is 0 Å². The summed E-state index contributed by atoms with van der Waals surface area (Å²) in [6, 6.07) is 2.19. The van der Waals surface area contributed by atoms with Gasteiger partial charge in [-0.3, -0.25) is 4.79 Å². The number of rotatable bonds is 3. The van der Waals surface area contributed by atoms with Gasteiger partial charge >= 0.3 is 0 Å². The first-order valence-electron chi connectivity index (χ1n) is 6.09. The molecule has 2 rings (SSSR count). The Morgan fingerprint density at radius 1 is 1.53 bits per heavy atom. The first-order valence-corrected chi connectivity index (χ1v) is 6.09. The highest BCUT2D eigenvalue weighted by Gasteiger charge is 2.30. The molecule has 104 valence electrons. The van der Waals surface area contributed by atoms with Crippen molar-refractivity contribution in [3.63, 3.8) is 0 Å². The van der Waals surface area contributed by atoms with E-state index in [0.717, 1.165) is 12.5 Å². The van der Waals surface area contributed by atoms with E-state index in [-0.39, 0.29) is 17.2 Å². The minimum atomic E-state index is -1.17. The van der Waals surface area contributed by atoms with Crippen LogP contribution in [-0.2, 0) is 0 Å². The Labute approximate surface area is 110 Å². The van der Waals surface area contributed by atoms with Crippen molar-refractivity contribution in [2.75, 3.05) is 26.7 Å². The van der Waals surface area contributed by atoms with Crippen LogP contribution in [-0.4, -0.2) is 37.6 Å². The number of ether oxygens (including phenoxy) is 1. The number of nitrogens with zero attached hydrogens (tertiary/aromatic N) is 1. The summed E-state index contributed by atoms with van der Waals surface area (Å²) in [6.07, 6.45) is 0.779. The highest BCUT2D eigenvalue weighted by molar-refractivity contribution is 5.97. The third kappa shape index (κ3) is 2.53. The third-order valence-corrected chi connectivity index (χ3v) is 3.40. The van der Waals surface area contributed by atoms with Crippen LogP contribution in [0.1, 0.15) is 16.8 Å². The molecule has 2 N–H and O–H groups in total. The molecule has 4 nitrogen and oxygen atoms in total. The predicted molar refractivity (Wildman–Crippen MR) is 66.0 cm³/mol. The predicted octanol–water partition coefficient (Wildman–Crippen LogP) is 1.39. The molecule has 0 aromatic heterocycles. The average Bonchev–Trinajstić information content (AvgIpc) is 2.89. The van der Waals surface area contributed by atoms with Crippen molar-refractivity contribution < 1.29 is 18.3 Å². The van der Waals surface area contributed by atoms with Crippen molar-refractivity contribution in [2.24, 2.45) is 11.7 Å². The van der Waals surface area contributed by atoms with Crippen LogP contribution in [0.4, 0.5) is 8.78 Å². The molecule has 1 heterocycles. The minimum absolute atomic E-state index is 0.0418. The van der Waals surface area contributed by atoms with Gasteiger partial charge in [0.05, 0.1) is 7.11 Å². The molecule has 19 heavy (non-hydrogen) atoms. The molecule has 1 atom stereocenters. The average molecular weight is 270 g/mol. The number of hydrogen-bond donors (Lipinski definition) is 1. The van der Waals surface area contributed by atoms with Crippen molar-refractivity contribution in [3.05, 3.63) is 29.3 Å². The molecule has 0 radical (unpaired) electrons. The van der Waals surface area contributed by atoms with E-state index < -0.39 is 17.5 Å². The van der Waals surface area contributed by atoms with Crippen LogP contribution in [0.15, 0.2) is 12.1 Å². The van der Waals surface area contributed by atoms with Gasteiger partial charge in [-0.05, 0) is 31.0 Å². The summed E-state index contributed by atoms with van der Waals surface area (Å²) in [5.41, 5.74) is 5.20. The lowest BCUT2D eigenvalue weighted by Gasteiger charge is -2.18. The number of carbonyl (C=O) groups is 1. The Morgan fingerprint density at radius 2 is 2.26 bits per heavy atom. The zero-order valence-electron chi connectivity index (χ0n) is 10.7. The van der Waals surface area contributed by atoms with Gasteiger partial charge in [0.15, 0.2) is 11.6 Å². The lowest BCUT2D eigenvalue weighted by molar-refractivity contribution is 0.0778. The topological polar surface area (TPSA) is 55.6 Å². The summed E-state index contributed by atoms with van der Waals surface area (Å²) in [5, 5.41) is 0. The van der Waals surface area contributed by atoms with Gasteiger partial charge in [0.25, 0.3) is 5.91 Å². The zero-order valence-corrected chi connectivity index (χ0v) is 10.7. The number of likely N-dealkylation sites (tertiary alicyclic amines) is 1. The second kappa shape index (κ2) is 5.52. The number of hydrogen-bond acceptors (Lipinski definition) is 3. The van der Waals surface area contributed by atoms with Crippen LogP contribution in [0.5, 0.6) is 5.75 Å². The molecule has 1 aromatic rings. The number of benzene rings is 1. The van der Waals surface area contributed by atoms with Gasteiger partial charge in [0.1, 0.15) is 11.3 Å². The SMILES string of the molecule is COc1ccc(F)c(F)c1C(=O)N1CC[C@H](CN)C1. The highest BCUT2D eigenvalue weighted by Crippen LogP contribution is 2.27. The molecule has 1 saturated heterocycles. The van der Waals surface area contributed by atoms with Gasteiger partial charge in [-0.15, -0.1) is 0 Å². The molecule has 0 bridgehead atoms. The first kappa shape index (κ1) is 13.7. The van der Waals surface area contributed by atoms with Crippen molar-refractivity contribution in [1.82, 2.24) is 4.90 Å². The van der Waals surface area contributed by atoms with E-state index in [2.05, 4.69) is 0 Å². The fraction of sp³-hybridized carbons (Fsp3) is 0.462. The molecule has 1 aliphatic rings. The highest BCUT2D eigenvalue weighted by atomic mass is 19.2. The van der Waals surface area contributed by atoms with Crippen LogP contribution >= 0.6 is 0 Å². The smallest absolute Gasteiger partial charge is 0.260 e. The molecule has 0 spiro atoms. The fourth-order valence-corrected chi connectivity index (χ4v) is 2.27. The van der Waals surface area contributed by atoms with Crippen molar-refractivity contribution >= 4 is 5.91 Å². The summed E-state index contributed by atoms with van der Waals surface area (Å²) in [6.45, 7) is 1.45. The number of carbonyl (C=O) groups excluding carboxylic acids is 1. The van der Waals surface area contributed by atoms with Gasteiger partial charge in [0.2, 0.25) is 0 Å². The minimum Gasteiger partial charge on any atom is -0.496 e. The summed E-state index contributed by atoms with van der Waals surface area (Å²) in [7, 11) is 1.32. The van der Waals surface area contributed by atoms with E-state index in [1.54, 1.807) is 0 Å². The fourth-order valence-electron chi connectivity index (χ4n) is 2.27. The number of nitrogens with two attached hydrogens (primary N) is 1. The molecular weight excluding hydrogens is 254 g/mol. The van der Waals surface area contributed by atoms with Crippen LogP contribution < -0.4 is 10.5 Å². The first-order chi connectivity index (χ1) is 9.08. The molecule has 0 saturated carbocycles. The van der Waals surface area contributed by atoms with E-state index in [0.29, 0.717) is 19.6 Å². The van der Waals surface area contributed by atoms with E-state index in [4.69, 9.17) is 10.5 Å². The molecular formula is C13H16F2N2O2. The van der Waals surface area contributed by atoms with Crippen LogP contribution in [0.25, 0.3) is 0 Å². The molecule has 1 aromatic carbocycles. The lowest BCUT2D eigenvalue weighted by atomic mass is 10.1. The van der Waals surface area contributed by atoms with E-state index in [1.807, 2.05) is 0 Å². The van der Waals surface area contributed by atoms with E-state index >= 15 is 0 Å². The second-order valence-corrected chi connectivity index (χ2v) is 4.58. The molecule has 1 amide bonds. The Hall–Kier alpha value is -1.69. The zero-order chi connectivity index (χ0) is 14.0. The van der Waals surface area contributed by atoms with Crippen molar-refractivity contribution in [2.45, 2.75) is 6.42 Å². The van der Waals surface area contributed by atoms with Crippen LogP contribution in [0.3, 0.4) is 0 Å². The number of methoxy groups -OCH3 is 1. The maximum Gasteiger partial charge on any atom is 0.260 e.